The van der Waals surface area contributed by atoms with Gasteiger partial charge in [0.2, 0.25) is 5.95 Å². The monoisotopic (exact) mass is 447 g/mol. The Bertz CT molecular complexity index is 1190. The fourth-order valence-electron chi connectivity index (χ4n) is 4.85. The predicted octanol–water partition coefficient (Wildman–Crippen LogP) is 1.98. The molecular weight excluding hydrogens is 420 g/mol. The van der Waals surface area contributed by atoms with Gasteiger partial charge in [0.05, 0.1) is 5.69 Å². The minimum absolute atomic E-state index is 0.0651. The number of hydrogen-bond donors (Lipinski definition) is 3. The standard InChI is InChI=1S/C24H27BFN5O2/c1-15-11-19-20(25(32)33)7-4-8-22(19)31(15)24-28-21-14-30(2)10-9-18(21)23(29-24)27-13-16-5-3-6-17(26)12-16/h3-8,12,15,32-33H,9-11,13-14H2,1-2H3,(H,27,28,29). The fourth-order valence-corrected chi connectivity index (χ4v) is 4.85. The average Bonchev–Trinajstić information content (AvgIpc) is 3.12. The predicted molar refractivity (Wildman–Crippen MR) is 127 cm³/mol. The largest absolute Gasteiger partial charge is 0.488 e. The molecular formula is C24H27BFN5O2. The van der Waals surface area contributed by atoms with Gasteiger partial charge < -0.3 is 25.2 Å². The van der Waals surface area contributed by atoms with E-state index < -0.39 is 7.12 Å². The zero-order valence-electron chi connectivity index (χ0n) is 18.8. The van der Waals surface area contributed by atoms with Crippen LogP contribution in [-0.4, -0.2) is 51.7 Å². The van der Waals surface area contributed by atoms with Gasteiger partial charge in [-0.15, -0.1) is 0 Å². The van der Waals surface area contributed by atoms with Crippen molar-refractivity contribution in [1.82, 2.24) is 14.9 Å². The maximum Gasteiger partial charge on any atom is 0.488 e. The molecule has 0 saturated heterocycles. The van der Waals surface area contributed by atoms with E-state index in [-0.39, 0.29) is 11.9 Å². The molecule has 0 radical (unpaired) electrons. The lowest BCUT2D eigenvalue weighted by atomic mass is 9.76. The summed E-state index contributed by atoms with van der Waals surface area (Å²) in [5, 5.41) is 23.1. The van der Waals surface area contributed by atoms with Crippen LogP contribution in [0, 0.1) is 5.82 Å². The number of likely N-dealkylation sites (N-methyl/N-ethyl adjacent to an activating group) is 1. The Kier molecular flexibility index (Phi) is 5.78. The van der Waals surface area contributed by atoms with Gasteiger partial charge in [0.15, 0.2) is 0 Å². The molecule has 33 heavy (non-hydrogen) atoms. The maximum atomic E-state index is 13.6. The van der Waals surface area contributed by atoms with Gasteiger partial charge in [-0.3, -0.25) is 0 Å². The highest BCUT2D eigenvalue weighted by Crippen LogP contribution is 2.37. The topological polar surface area (TPSA) is 84.8 Å². The summed E-state index contributed by atoms with van der Waals surface area (Å²) in [6.07, 6.45) is 1.51. The van der Waals surface area contributed by atoms with E-state index in [0.717, 1.165) is 53.4 Å². The first-order valence-corrected chi connectivity index (χ1v) is 11.2. The number of nitrogens with one attached hydrogen (secondary N) is 1. The van der Waals surface area contributed by atoms with E-state index >= 15 is 0 Å². The molecule has 7 nitrogen and oxygen atoms in total. The Morgan fingerprint density at radius 3 is 2.76 bits per heavy atom. The third-order valence-corrected chi connectivity index (χ3v) is 6.47. The number of halogens is 1. The number of benzene rings is 2. The third kappa shape index (κ3) is 4.19. The van der Waals surface area contributed by atoms with Crippen LogP contribution in [0.25, 0.3) is 0 Å². The van der Waals surface area contributed by atoms with E-state index in [2.05, 4.69) is 29.1 Å². The van der Waals surface area contributed by atoms with Crippen molar-refractivity contribution in [3.8, 4) is 0 Å². The van der Waals surface area contributed by atoms with Crippen LogP contribution in [0.3, 0.4) is 0 Å². The number of rotatable bonds is 5. The van der Waals surface area contributed by atoms with E-state index in [1.54, 1.807) is 12.1 Å². The molecule has 5 rings (SSSR count). The molecule has 9 heteroatoms. The number of hydrogen-bond acceptors (Lipinski definition) is 7. The molecule has 2 aliphatic heterocycles. The minimum atomic E-state index is -1.52. The van der Waals surface area contributed by atoms with Gasteiger partial charge >= 0.3 is 7.12 Å². The van der Waals surface area contributed by atoms with Crippen LogP contribution in [0.5, 0.6) is 0 Å². The van der Waals surface area contributed by atoms with Crippen LogP contribution in [-0.2, 0) is 25.9 Å². The van der Waals surface area contributed by atoms with Crippen molar-refractivity contribution < 1.29 is 14.4 Å². The molecule has 3 heterocycles. The molecule has 0 bridgehead atoms. The van der Waals surface area contributed by atoms with Crippen LogP contribution < -0.4 is 15.7 Å². The SMILES string of the molecule is CC1Cc2c(B(O)O)cccc2N1c1nc2c(c(NCc3cccc(F)c3)n1)CCN(C)C2. The van der Waals surface area contributed by atoms with Crippen molar-refractivity contribution in [2.75, 3.05) is 23.8 Å². The number of aromatic nitrogens is 2. The quantitative estimate of drug-likeness (QED) is 0.516. The molecule has 2 aromatic carbocycles. The minimum Gasteiger partial charge on any atom is -0.423 e. The van der Waals surface area contributed by atoms with Gasteiger partial charge in [0.1, 0.15) is 11.6 Å². The summed E-state index contributed by atoms with van der Waals surface area (Å²) in [4.78, 5) is 14.2. The first kappa shape index (κ1) is 21.8. The molecule has 0 amide bonds. The summed E-state index contributed by atoms with van der Waals surface area (Å²) in [6, 6.07) is 12.2. The number of anilines is 3. The van der Waals surface area contributed by atoms with Crippen LogP contribution in [0.4, 0.5) is 21.8 Å². The molecule has 0 saturated carbocycles. The van der Waals surface area contributed by atoms with Gasteiger partial charge in [0.25, 0.3) is 0 Å². The third-order valence-electron chi connectivity index (χ3n) is 6.47. The lowest BCUT2D eigenvalue weighted by Crippen LogP contribution is -2.32. The molecule has 2 aliphatic rings. The van der Waals surface area contributed by atoms with Gasteiger partial charge in [-0.2, -0.15) is 4.98 Å². The highest BCUT2D eigenvalue weighted by Gasteiger charge is 2.34. The van der Waals surface area contributed by atoms with Crippen LogP contribution >= 0.6 is 0 Å². The first-order chi connectivity index (χ1) is 15.9. The van der Waals surface area contributed by atoms with Gasteiger partial charge in [-0.1, -0.05) is 24.3 Å². The highest BCUT2D eigenvalue weighted by atomic mass is 19.1. The van der Waals surface area contributed by atoms with E-state index in [1.165, 1.54) is 12.1 Å². The summed E-state index contributed by atoms with van der Waals surface area (Å²) in [7, 11) is 0.557. The Balaban J connectivity index is 1.54. The molecule has 3 N–H and O–H groups in total. The lowest BCUT2D eigenvalue weighted by Gasteiger charge is -2.29. The van der Waals surface area contributed by atoms with Crippen LogP contribution in [0.2, 0.25) is 0 Å². The Morgan fingerprint density at radius 2 is 1.97 bits per heavy atom. The van der Waals surface area contributed by atoms with E-state index in [1.807, 2.05) is 18.2 Å². The summed E-state index contributed by atoms with van der Waals surface area (Å²) in [5.41, 5.74) is 5.25. The summed E-state index contributed by atoms with van der Waals surface area (Å²) in [6.45, 7) is 4.20. The van der Waals surface area contributed by atoms with Gasteiger partial charge in [-0.05, 0) is 61.6 Å². The number of fused-ring (bicyclic) bond motifs is 2. The zero-order chi connectivity index (χ0) is 23.1. The molecule has 0 fully saturated rings. The van der Waals surface area contributed by atoms with Crippen LogP contribution in [0.15, 0.2) is 42.5 Å². The second-order valence-corrected chi connectivity index (χ2v) is 8.91. The van der Waals surface area contributed by atoms with Crippen molar-refractivity contribution in [3.63, 3.8) is 0 Å². The molecule has 0 aliphatic carbocycles. The normalized spacial score (nSPS) is 17.6. The van der Waals surface area contributed by atoms with Crippen molar-refractivity contribution >= 4 is 30.0 Å². The molecule has 1 aromatic heterocycles. The summed E-state index contributed by atoms with van der Waals surface area (Å²) < 4.78 is 13.6. The van der Waals surface area contributed by atoms with E-state index in [4.69, 9.17) is 9.97 Å². The second kappa shape index (κ2) is 8.74. The smallest absolute Gasteiger partial charge is 0.423 e. The lowest BCUT2D eigenvalue weighted by molar-refractivity contribution is 0.307. The maximum absolute atomic E-state index is 13.6. The fraction of sp³-hybridized carbons (Fsp3) is 0.333. The molecule has 0 spiro atoms. The molecule has 1 unspecified atom stereocenters. The summed E-state index contributed by atoms with van der Waals surface area (Å²) >= 11 is 0. The van der Waals surface area contributed by atoms with E-state index in [0.29, 0.717) is 24.4 Å². The molecule has 1 atom stereocenters. The van der Waals surface area contributed by atoms with Crippen LogP contribution in [0.1, 0.15) is 29.3 Å². The van der Waals surface area contributed by atoms with Crippen molar-refractivity contribution in [1.29, 1.82) is 0 Å². The highest BCUT2D eigenvalue weighted by molar-refractivity contribution is 6.59. The molecule has 3 aromatic rings. The number of nitrogens with zero attached hydrogens (tertiary/aromatic N) is 4. The first-order valence-electron chi connectivity index (χ1n) is 11.2. The van der Waals surface area contributed by atoms with Gasteiger partial charge in [-0.25, -0.2) is 9.37 Å². The van der Waals surface area contributed by atoms with Gasteiger partial charge in [0, 0.05) is 36.9 Å². The summed E-state index contributed by atoms with van der Waals surface area (Å²) in [5.74, 6) is 1.10. The van der Waals surface area contributed by atoms with Crippen molar-refractivity contribution in [3.05, 3.63) is 70.7 Å². The van der Waals surface area contributed by atoms with Crippen molar-refractivity contribution in [2.45, 2.75) is 38.9 Å². The second-order valence-electron chi connectivity index (χ2n) is 8.91. The zero-order valence-corrected chi connectivity index (χ0v) is 18.8. The Labute approximate surface area is 193 Å². The van der Waals surface area contributed by atoms with Crippen molar-refractivity contribution in [2.24, 2.45) is 0 Å². The average molecular weight is 447 g/mol. The molecule has 170 valence electrons. The Hall–Kier alpha value is -3.01. The van der Waals surface area contributed by atoms with E-state index in [9.17, 15) is 14.4 Å². The Morgan fingerprint density at radius 1 is 1.15 bits per heavy atom.